The van der Waals surface area contributed by atoms with Gasteiger partial charge in [0.05, 0.1) is 6.20 Å². The predicted molar refractivity (Wildman–Crippen MR) is 46.9 cm³/mol. The second kappa shape index (κ2) is 3.26. The zero-order valence-electron chi connectivity index (χ0n) is 7.92. The number of rotatable bonds is 3. The molecule has 0 radical (unpaired) electrons. The van der Waals surface area contributed by atoms with E-state index in [-0.39, 0.29) is 17.8 Å². The Hall–Kier alpha value is -1.23. The fourth-order valence-corrected chi connectivity index (χ4v) is 1.33. The zero-order chi connectivity index (χ0) is 10.1. The SMILES string of the molecule is COC(C)C1(C(C)=O)NC=C(O)N1. The number of methoxy groups -OCH3 is 1. The molecule has 2 atom stereocenters. The van der Waals surface area contributed by atoms with Gasteiger partial charge in [-0.15, -0.1) is 0 Å². The molecule has 3 N–H and O–H groups in total. The smallest absolute Gasteiger partial charge is 0.202 e. The van der Waals surface area contributed by atoms with Crippen molar-refractivity contribution in [1.82, 2.24) is 10.6 Å². The lowest BCUT2D eigenvalue weighted by atomic mass is 10.0. The van der Waals surface area contributed by atoms with E-state index in [0.717, 1.165) is 0 Å². The number of aliphatic hydroxyl groups excluding tert-OH is 1. The van der Waals surface area contributed by atoms with Crippen LogP contribution in [0.3, 0.4) is 0 Å². The van der Waals surface area contributed by atoms with Gasteiger partial charge in [0.25, 0.3) is 0 Å². The number of nitrogens with one attached hydrogen (secondary N) is 2. The average Bonchev–Trinajstić information content (AvgIpc) is 2.47. The molecule has 2 unspecified atom stereocenters. The Labute approximate surface area is 76.8 Å². The topological polar surface area (TPSA) is 70.6 Å². The lowest BCUT2D eigenvalue weighted by Gasteiger charge is -2.32. The van der Waals surface area contributed by atoms with Crippen LogP contribution >= 0.6 is 0 Å². The Kier molecular flexibility index (Phi) is 2.47. The highest BCUT2D eigenvalue weighted by Crippen LogP contribution is 2.17. The third-order valence-corrected chi connectivity index (χ3v) is 2.28. The molecule has 5 nitrogen and oxygen atoms in total. The van der Waals surface area contributed by atoms with E-state index in [1.165, 1.54) is 20.2 Å². The highest BCUT2D eigenvalue weighted by atomic mass is 16.5. The molecule has 1 aliphatic rings. The van der Waals surface area contributed by atoms with E-state index < -0.39 is 5.66 Å². The van der Waals surface area contributed by atoms with Gasteiger partial charge in [0, 0.05) is 7.11 Å². The van der Waals surface area contributed by atoms with Crippen LogP contribution in [0.15, 0.2) is 12.1 Å². The van der Waals surface area contributed by atoms with E-state index in [4.69, 9.17) is 9.84 Å². The van der Waals surface area contributed by atoms with E-state index in [1.807, 2.05) is 0 Å². The molecule has 0 aromatic heterocycles. The maximum absolute atomic E-state index is 11.4. The third-order valence-electron chi connectivity index (χ3n) is 2.28. The number of ketones is 1. The van der Waals surface area contributed by atoms with Gasteiger partial charge < -0.3 is 20.5 Å². The summed E-state index contributed by atoms with van der Waals surface area (Å²) in [5, 5.41) is 14.6. The molecule has 13 heavy (non-hydrogen) atoms. The Morgan fingerprint density at radius 2 is 2.38 bits per heavy atom. The number of carbonyl (C=O) groups is 1. The van der Waals surface area contributed by atoms with Crippen molar-refractivity contribution in [2.45, 2.75) is 25.6 Å². The first-order chi connectivity index (χ1) is 6.03. The number of aliphatic hydroxyl groups is 1. The number of carbonyl (C=O) groups excluding carboxylic acids is 1. The minimum Gasteiger partial charge on any atom is -0.494 e. The molecule has 5 heteroatoms. The lowest BCUT2D eigenvalue weighted by Crippen LogP contribution is -2.63. The van der Waals surface area contributed by atoms with Gasteiger partial charge in [-0.2, -0.15) is 0 Å². The lowest BCUT2D eigenvalue weighted by molar-refractivity contribution is -0.129. The maximum Gasteiger partial charge on any atom is 0.202 e. The number of Topliss-reactive ketones (excluding diaryl/α,β-unsaturated/α-hetero) is 1. The quantitative estimate of drug-likeness (QED) is 0.572. The molecule has 0 amide bonds. The number of hydrogen-bond acceptors (Lipinski definition) is 5. The Morgan fingerprint density at radius 3 is 2.69 bits per heavy atom. The minimum atomic E-state index is -1.03. The van der Waals surface area contributed by atoms with Gasteiger partial charge in [0.15, 0.2) is 11.4 Å². The molecule has 0 aliphatic carbocycles. The molecule has 0 saturated carbocycles. The minimum absolute atomic E-state index is 0.0564. The molecule has 1 rings (SSSR count). The van der Waals surface area contributed by atoms with Crippen molar-refractivity contribution in [3.05, 3.63) is 12.1 Å². The Bertz CT molecular complexity index is 252. The molecule has 0 aromatic rings. The summed E-state index contributed by atoms with van der Waals surface area (Å²) in [7, 11) is 1.51. The molecule has 74 valence electrons. The van der Waals surface area contributed by atoms with Crippen molar-refractivity contribution in [3.63, 3.8) is 0 Å². The highest BCUT2D eigenvalue weighted by molar-refractivity contribution is 5.87. The van der Waals surface area contributed by atoms with Gasteiger partial charge in [-0.25, -0.2) is 0 Å². The van der Waals surface area contributed by atoms with E-state index in [1.54, 1.807) is 6.92 Å². The van der Waals surface area contributed by atoms with Gasteiger partial charge >= 0.3 is 0 Å². The summed E-state index contributed by atoms with van der Waals surface area (Å²) in [4.78, 5) is 11.4. The molecule has 1 aliphatic heterocycles. The van der Waals surface area contributed by atoms with Gasteiger partial charge in [-0.1, -0.05) is 0 Å². The van der Waals surface area contributed by atoms with Crippen LogP contribution in [0.1, 0.15) is 13.8 Å². The van der Waals surface area contributed by atoms with Crippen molar-refractivity contribution in [2.75, 3.05) is 7.11 Å². The standard InChI is InChI=1S/C8H14N2O3/c1-5(11)8(6(2)13-3)9-4-7(12)10-8/h4,6,9-10,12H,1-3H3. The molecule has 0 aromatic carbocycles. The summed E-state index contributed by atoms with van der Waals surface area (Å²) >= 11 is 0. The first-order valence-corrected chi connectivity index (χ1v) is 4.02. The van der Waals surface area contributed by atoms with E-state index >= 15 is 0 Å². The van der Waals surface area contributed by atoms with Gasteiger partial charge in [-0.05, 0) is 13.8 Å². The van der Waals surface area contributed by atoms with E-state index in [2.05, 4.69) is 10.6 Å². The van der Waals surface area contributed by atoms with Crippen LogP contribution in [0.5, 0.6) is 0 Å². The van der Waals surface area contributed by atoms with Crippen molar-refractivity contribution in [2.24, 2.45) is 0 Å². The summed E-state index contributed by atoms with van der Waals surface area (Å²) < 4.78 is 5.06. The summed E-state index contributed by atoms with van der Waals surface area (Å²) in [5.74, 6) is -0.193. The maximum atomic E-state index is 11.4. The number of hydrogen-bond donors (Lipinski definition) is 3. The molecular weight excluding hydrogens is 172 g/mol. The fraction of sp³-hybridized carbons (Fsp3) is 0.625. The van der Waals surface area contributed by atoms with Crippen molar-refractivity contribution in [3.8, 4) is 0 Å². The summed E-state index contributed by atoms with van der Waals surface area (Å²) in [6.07, 6.45) is 0.975. The fourth-order valence-electron chi connectivity index (χ4n) is 1.33. The van der Waals surface area contributed by atoms with Crippen LogP contribution in [0.2, 0.25) is 0 Å². The van der Waals surface area contributed by atoms with Crippen LogP contribution < -0.4 is 10.6 Å². The second-order valence-electron chi connectivity index (χ2n) is 3.04. The Balaban J connectivity index is 2.86. The first-order valence-electron chi connectivity index (χ1n) is 4.02. The molecule has 0 saturated heterocycles. The zero-order valence-corrected chi connectivity index (χ0v) is 7.92. The molecule has 1 heterocycles. The van der Waals surface area contributed by atoms with Crippen LogP contribution in [0, 0.1) is 0 Å². The van der Waals surface area contributed by atoms with Gasteiger partial charge in [0.2, 0.25) is 5.88 Å². The average molecular weight is 186 g/mol. The molecule has 0 bridgehead atoms. The second-order valence-corrected chi connectivity index (χ2v) is 3.04. The van der Waals surface area contributed by atoms with Gasteiger partial charge in [-0.3, -0.25) is 4.79 Å². The van der Waals surface area contributed by atoms with Crippen molar-refractivity contribution < 1.29 is 14.6 Å². The van der Waals surface area contributed by atoms with Crippen LogP contribution in [0.25, 0.3) is 0 Å². The largest absolute Gasteiger partial charge is 0.494 e. The Morgan fingerprint density at radius 1 is 1.77 bits per heavy atom. The van der Waals surface area contributed by atoms with Crippen LogP contribution in [0.4, 0.5) is 0 Å². The molecular formula is C8H14N2O3. The third kappa shape index (κ3) is 1.47. The van der Waals surface area contributed by atoms with Gasteiger partial charge in [0.1, 0.15) is 6.10 Å². The van der Waals surface area contributed by atoms with Crippen molar-refractivity contribution in [1.29, 1.82) is 0 Å². The number of ether oxygens (including phenoxy) is 1. The molecule has 0 spiro atoms. The predicted octanol–water partition coefficient (Wildman–Crippen LogP) is -0.144. The summed E-state index contributed by atoms with van der Waals surface area (Å²) in [5.41, 5.74) is -1.03. The van der Waals surface area contributed by atoms with E-state index in [9.17, 15) is 4.79 Å². The first kappa shape index (κ1) is 9.85. The van der Waals surface area contributed by atoms with Crippen LogP contribution in [-0.4, -0.2) is 29.8 Å². The normalized spacial score (nSPS) is 28.7. The van der Waals surface area contributed by atoms with E-state index in [0.29, 0.717) is 0 Å². The summed E-state index contributed by atoms with van der Waals surface area (Å²) in [6, 6.07) is 0. The van der Waals surface area contributed by atoms with Crippen LogP contribution in [-0.2, 0) is 9.53 Å². The molecule has 0 fully saturated rings. The monoisotopic (exact) mass is 186 g/mol. The highest BCUT2D eigenvalue weighted by Gasteiger charge is 2.44. The van der Waals surface area contributed by atoms with Crippen molar-refractivity contribution >= 4 is 5.78 Å². The summed E-state index contributed by atoms with van der Waals surface area (Å²) in [6.45, 7) is 3.18.